The molecule has 0 bridgehead atoms. The molecule has 9 nitrogen and oxygen atoms in total. The quantitative estimate of drug-likeness (QED) is 0.435. The zero-order chi connectivity index (χ0) is 23.8. The highest BCUT2D eigenvalue weighted by Gasteiger charge is 2.32. The normalized spacial score (nSPS) is 16.2. The standard InChI is InChI=1S/C24H33N5O4/c1-4-26(5-2)14-13-25-23-18-27(21-11-6-7-12-22(21)33-3)15-16-28(23)24(30)19-9-8-10-20(17-19)29(31)32/h6-12,17,23,25H,4-5,13-16,18H2,1-3H3. The van der Waals surface area contributed by atoms with E-state index in [2.05, 4.69) is 29.0 Å². The topological polar surface area (TPSA) is 91.2 Å². The van der Waals surface area contributed by atoms with Crippen LogP contribution in [-0.4, -0.2) is 79.7 Å². The van der Waals surface area contributed by atoms with Crippen LogP contribution in [0, 0.1) is 10.1 Å². The van der Waals surface area contributed by atoms with E-state index >= 15 is 0 Å². The van der Waals surface area contributed by atoms with E-state index in [-0.39, 0.29) is 17.8 Å². The molecular weight excluding hydrogens is 422 g/mol. The lowest BCUT2D eigenvalue weighted by Crippen LogP contribution is -2.61. The molecule has 1 fully saturated rings. The molecule has 178 valence electrons. The van der Waals surface area contributed by atoms with Crippen molar-refractivity contribution < 1.29 is 14.5 Å². The average Bonchev–Trinajstić information content (AvgIpc) is 2.86. The first-order valence-electron chi connectivity index (χ1n) is 11.4. The fourth-order valence-corrected chi connectivity index (χ4v) is 4.16. The molecule has 1 N–H and O–H groups in total. The summed E-state index contributed by atoms with van der Waals surface area (Å²) in [6.07, 6.45) is -0.244. The van der Waals surface area contributed by atoms with Gasteiger partial charge >= 0.3 is 0 Å². The van der Waals surface area contributed by atoms with Gasteiger partial charge in [0.25, 0.3) is 11.6 Å². The Labute approximate surface area is 195 Å². The summed E-state index contributed by atoms with van der Waals surface area (Å²) in [5.41, 5.74) is 1.23. The summed E-state index contributed by atoms with van der Waals surface area (Å²) in [6.45, 7) is 9.50. The van der Waals surface area contributed by atoms with E-state index in [1.807, 2.05) is 24.3 Å². The minimum Gasteiger partial charge on any atom is -0.495 e. The Bertz CT molecular complexity index is 950. The molecule has 1 unspecified atom stereocenters. The highest BCUT2D eigenvalue weighted by molar-refractivity contribution is 5.95. The van der Waals surface area contributed by atoms with Crippen LogP contribution in [0.4, 0.5) is 11.4 Å². The number of nitro benzene ring substituents is 1. The second kappa shape index (κ2) is 11.6. The van der Waals surface area contributed by atoms with Crippen molar-refractivity contribution in [3.8, 4) is 5.75 Å². The minimum absolute atomic E-state index is 0.0837. The Balaban J connectivity index is 1.81. The smallest absolute Gasteiger partial charge is 0.270 e. The molecule has 9 heteroatoms. The maximum Gasteiger partial charge on any atom is 0.270 e. The molecule has 1 aliphatic rings. The maximum atomic E-state index is 13.4. The van der Waals surface area contributed by atoms with Crippen molar-refractivity contribution in [1.29, 1.82) is 0 Å². The number of para-hydroxylation sites is 2. The van der Waals surface area contributed by atoms with Crippen molar-refractivity contribution in [1.82, 2.24) is 15.1 Å². The lowest BCUT2D eigenvalue weighted by atomic mass is 10.1. The number of rotatable bonds is 10. The molecule has 1 amide bonds. The Morgan fingerprint density at radius 3 is 2.64 bits per heavy atom. The number of anilines is 1. The number of carbonyl (C=O) groups is 1. The molecule has 3 rings (SSSR count). The molecule has 0 aliphatic carbocycles. The second-order valence-electron chi connectivity index (χ2n) is 7.92. The Morgan fingerprint density at radius 1 is 1.18 bits per heavy atom. The summed E-state index contributed by atoms with van der Waals surface area (Å²) < 4.78 is 5.54. The molecule has 0 radical (unpaired) electrons. The van der Waals surface area contributed by atoms with Crippen molar-refractivity contribution in [3.63, 3.8) is 0 Å². The number of amides is 1. The van der Waals surface area contributed by atoms with E-state index < -0.39 is 4.92 Å². The molecule has 2 aromatic rings. The molecule has 0 saturated carbocycles. The zero-order valence-electron chi connectivity index (χ0n) is 19.6. The van der Waals surface area contributed by atoms with Crippen molar-refractivity contribution >= 4 is 17.3 Å². The Morgan fingerprint density at radius 2 is 1.94 bits per heavy atom. The van der Waals surface area contributed by atoms with E-state index in [0.29, 0.717) is 25.2 Å². The molecule has 1 saturated heterocycles. The molecule has 1 atom stereocenters. The number of non-ortho nitro benzene ring substituents is 1. The van der Waals surface area contributed by atoms with E-state index in [0.717, 1.165) is 37.6 Å². The first-order valence-corrected chi connectivity index (χ1v) is 11.4. The fraction of sp³-hybridized carbons (Fsp3) is 0.458. The van der Waals surface area contributed by atoms with Crippen molar-refractivity contribution in [2.75, 3.05) is 57.8 Å². The van der Waals surface area contributed by atoms with Crippen LogP contribution in [0.1, 0.15) is 24.2 Å². The van der Waals surface area contributed by atoms with Gasteiger partial charge in [0.1, 0.15) is 11.9 Å². The van der Waals surface area contributed by atoms with Crippen molar-refractivity contribution in [2.45, 2.75) is 20.0 Å². The van der Waals surface area contributed by atoms with Gasteiger partial charge in [0.2, 0.25) is 0 Å². The van der Waals surface area contributed by atoms with E-state index in [9.17, 15) is 14.9 Å². The number of hydrogen-bond donors (Lipinski definition) is 1. The average molecular weight is 456 g/mol. The van der Waals surface area contributed by atoms with Gasteiger partial charge < -0.3 is 19.4 Å². The third kappa shape index (κ3) is 6.00. The van der Waals surface area contributed by atoms with Crippen LogP contribution in [0.3, 0.4) is 0 Å². The molecule has 2 aromatic carbocycles. The SMILES string of the molecule is CCN(CC)CCNC1CN(c2ccccc2OC)CCN1C(=O)c1cccc([N+](=O)[O-])c1. The molecule has 1 aliphatic heterocycles. The summed E-state index contributed by atoms with van der Waals surface area (Å²) in [7, 11) is 1.65. The third-order valence-corrected chi connectivity index (χ3v) is 6.07. The largest absolute Gasteiger partial charge is 0.495 e. The number of nitro groups is 1. The Kier molecular flexibility index (Phi) is 8.62. The van der Waals surface area contributed by atoms with Crippen molar-refractivity contribution in [3.05, 3.63) is 64.2 Å². The Hall–Kier alpha value is -3.17. The monoisotopic (exact) mass is 455 g/mol. The van der Waals surface area contributed by atoms with Crippen LogP contribution in [-0.2, 0) is 0 Å². The summed E-state index contributed by atoms with van der Waals surface area (Å²) in [6, 6.07) is 13.8. The van der Waals surface area contributed by atoms with Gasteiger partial charge in [-0.2, -0.15) is 0 Å². The van der Waals surface area contributed by atoms with Gasteiger partial charge in [-0.25, -0.2) is 0 Å². The first kappa shape index (κ1) is 24.5. The van der Waals surface area contributed by atoms with Gasteiger partial charge in [0.05, 0.1) is 24.3 Å². The summed E-state index contributed by atoms with van der Waals surface area (Å²) in [5.74, 6) is 0.580. The lowest BCUT2D eigenvalue weighted by Gasteiger charge is -2.43. The van der Waals surface area contributed by atoms with Crippen LogP contribution >= 0.6 is 0 Å². The predicted octanol–water partition coefficient (Wildman–Crippen LogP) is 2.82. The van der Waals surface area contributed by atoms with Crippen molar-refractivity contribution in [2.24, 2.45) is 0 Å². The molecular formula is C24H33N5O4. The highest BCUT2D eigenvalue weighted by atomic mass is 16.6. The first-order chi connectivity index (χ1) is 16.0. The molecule has 1 heterocycles. The molecule has 0 spiro atoms. The third-order valence-electron chi connectivity index (χ3n) is 6.07. The van der Waals surface area contributed by atoms with Gasteiger partial charge in [-0.3, -0.25) is 20.2 Å². The number of piperazine rings is 1. The van der Waals surface area contributed by atoms with Crippen LogP contribution in [0.2, 0.25) is 0 Å². The number of ether oxygens (including phenoxy) is 1. The van der Waals surface area contributed by atoms with E-state index in [1.165, 1.54) is 12.1 Å². The van der Waals surface area contributed by atoms with Gasteiger partial charge in [-0.05, 0) is 31.3 Å². The van der Waals surface area contributed by atoms with Gasteiger partial charge in [-0.15, -0.1) is 0 Å². The predicted molar refractivity (Wildman–Crippen MR) is 129 cm³/mol. The summed E-state index contributed by atoms with van der Waals surface area (Å²) >= 11 is 0. The van der Waals surface area contributed by atoms with Gasteiger partial charge in [-0.1, -0.05) is 32.0 Å². The maximum absolute atomic E-state index is 13.4. The number of hydrogen-bond acceptors (Lipinski definition) is 7. The summed E-state index contributed by atoms with van der Waals surface area (Å²) in [5, 5.41) is 14.7. The second-order valence-corrected chi connectivity index (χ2v) is 7.92. The van der Waals surface area contributed by atoms with Gasteiger partial charge in [0, 0.05) is 43.9 Å². The zero-order valence-corrected chi connectivity index (χ0v) is 19.6. The molecule has 0 aromatic heterocycles. The van der Waals surface area contributed by atoms with E-state index in [1.54, 1.807) is 24.1 Å². The fourth-order valence-electron chi connectivity index (χ4n) is 4.16. The van der Waals surface area contributed by atoms with Crippen LogP contribution < -0.4 is 15.0 Å². The number of benzene rings is 2. The number of nitrogens with one attached hydrogen (secondary N) is 1. The number of likely N-dealkylation sites (N-methyl/N-ethyl adjacent to an activating group) is 1. The molecule has 33 heavy (non-hydrogen) atoms. The van der Waals surface area contributed by atoms with Crippen LogP contribution in [0.25, 0.3) is 0 Å². The summed E-state index contributed by atoms with van der Waals surface area (Å²) in [4.78, 5) is 30.4. The highest BCUT2D eigenvalue weighted by Crippen LogP contribution is 2.29. The number of nitrogens with zero attached hydrogens (tertiary/aromatic N) is 4. The minimum atomic E-state index is -0.476. The number of methoxy groups -OCH3 is 1. The number of carbonyl (C=O) groups excluding carboxylic acids is 1. The van der Waals surface area contributed by atoms with Gasteiger partial charge in [0.15, 0.2) is 0 Å². The van der Waals surface area contributed by atoms with E-state index in [4.69, 9.17) is 4.74 Å². The van der Waals surface area contributed by atoms with Crippen LogP contribution in [0.15, 0.2) is 48.5 Å². The lowest BCUT2D eigenvalue weighted by molar-refractivity contribution is -0.384. The van der Waals surface area contributed by atoms with Crippen LogP contribution in [0.5, 0.6) is 5.75 Å².